The maximum absolute atomic E-state index is 15.0. The molecule has 0 saturated carbocycles. The molecule has 3 heterocycles. The van der Waals surface area contributed by atoms with Gasteiger partial charge < -0.3 is 8.98 Å². The highest BCUT2D eigenvalue weighted by atomic mass is 19.1. The fourth-order valence-electron chi connectivity index (χ4n) is 3.67. The van der Waals surface area contributed by atoms with Crippen molar-refractivity contribution in [2.24, 2.45) is 10.2 Å². The Morgan fingerprint density at radius 1 is 1.31 bits per heavy atom. The van der Waals surface area contributed by atoms with Crippen LogP contribution in [0.3, 0.4) is 0 Å². The molecule has 0 unspecified atom stereocenters. The van der Waals surface area contributed by atoms with Gasteiger partial charge in [0.15, 0.2) is 11.6 Å². The zero-order valence-electron chi connectivity index (χ0n) is 15.7. The van der Waals surface area contributed by atoms with Crippen LogP contribution in [0.15, 0.2) is 49.9 Å². The number of nitrogens with zero attached hydrogens (tertiary/aromatic N) is 3. The quantitative estimate of drug-likeness (QED) is 0.497. The molecule has 0 radical (unpaired) electrons. The van der Waals surface area contributed by atoms with E-state index in [2.05, 4.69) is 10.2 Å². The van der Waals surface area contributed by atoms with Gasteiger partial charge in [-0.1, -0.05) is 18.2 Å². The molecule has 0 N–H and O–H groups in total. The summed E-state index contributed by atoms with van der Waals surface area (Å²) in [6.07, 6.45) is 5.21. The maximum Gasteiger partial charge on any atom is 0.322 e. The predicted molar refractivity (Wildman–Crippen MR) is 108 cm³/mol. The van der Waals surface area contributed by atoms with Gasteiger partial charge in [0.1, 0.15) is 16.8 Å². The lowest BCUT2D eigenvalue weighted by Gasteiger charge is -2.19. The lowest BCUT2D eigenvalue weighted by molar-refractivity contribution is 0.0998. The molecule has 1 amide bonds. The topological polar surface area (TPSA) is 94.0 Å². The molecule has 1 aliphatic rings. The third-order valence-corrected chi connectivity index (χ3v) is 5.07. The van der Waals surface area contributed by atoms with E-state index in [1.54, 1.807) is 13.3 Å². The average Bonchev–Trinajstić information content (AvgIpc) is 3.12. The molecule has 2 aromatic heterocycles. The Hall–Kier alpha value is -3.68. The summed E-state index contributed by atoms with van der Waals surface area (Å²) in [5.74, 6) is -2.17. The number of nitroso groups, excluding NO2 is 1. The molecule has 3 aromatic rings. The second-order valence-corrected chi connectivity index (χ2v) is 6.72. The summed E-state index contributed by atoms with van der Waals surface area (Å²) in [5.41, 5.74) is 1.36. The van der Waals surface area contributed by atoms with E-state index in [1.807, 2.05) is 31.2 Å². The van der Waals surface area contributed by atoms with Crippen LogP contribution in [-0.4, -0.2) is 23.7 Å². The van der Waals surface area contributed by atoms with Gasteiger partial charge in [0, 0.05) is 47.7 Å². The molecule has 0 fully saturated rings. The highest BCUT2D eigenvalue weighted by Gasteiger charge is 2.30. The van der Waals surface area contributed by atoms with Crippen LogP contribution in [0, 0.1) is 10.7 Å². The van der Waals surface area contributed by atoms with Crippen molar-refractivity contribution in [1.82, 2.24) is 4.57 Å². The van der Waals surface area contributed by atoms with Gasteiger partial charge >= 0.3 is 5.91 Å². The third-order valence-electron chi connectivity index (χ3n) is 5.07. The number of aryl methyl sites for hydroxylation is 2. The SMILES string of the molecule is C/N=C\C=C(/C)c1cccc2c3c(oc12)-c1c(F)c(=O)c(C(=O)N=O)cn1CC3. The summed E-state index contributed by atoms with van der Waals surface area (Å²) in [6.45, 7) is 2.25. The minimum absolute atomic E-state index is 0.0300. The molecule has 0 saturated heterocycles. The van der Waals surface area contributed by atoms with Crippen molar-refractivity contribution in [2.45, 2.75) is 19.9 Å². The number of carbonyl (C=O) groups excluding carboxylic acids is 1. The van der Waals surface area contributed by atoms with Gasteiger partial charge in [-0.25, -0.2) is 4.39 Å². The number of rotatable bonds is 3. The molecule has 8 heteroatoms. The van der Waals surface area contributed by atoms with E-state index in [9.17, 15) is 18.9 Å². The molecule has 0 spiro atoms. The number of para-hydroxylation sites is 1. The highest BCUT2D eigenvalue weighted by molar-refractivity contribution is 5.98. The summed E-state index contributed by atoms with van der Waals surface area (Å²) in [6, 6.07) is 5.68. The standard InChI is InChI=1S/C21H16FN3O4/c1-11(6-8-23-2)12-4-3-5-13-14-7-9-25-10-15(21(27)24-28)18(26)16(22)17(25)20(14)29-19(12)13/h3-6,8,10H,7,9H2,1-2H3/b11-6+,23-8-. The lowest BCUT2D eigenvalue weighted by atomic mass is 9.98. The van der Waals surface area contributed by atoms with E-state index in [4.69, 9.17) is 4.42 Å². The summed E-state index contributed by atoms with van der Waals surface area (Å²) in [5, 5.41) is 3.07. The minimum Gasteiger partial charge on any atom is -0.453 e. The first-order valence-electron chi connectivity index (χ1n) is 8.92. The number of carbonyl (C=O) groups is 1. The smallest absolute Gasteiger partial charge is 0.322 e. The Morgan fingerprint density at radius 3 is 2.83 bits per heavy atom. The van der Waals surface area contributed by atoms with Gasteiger partial charge in [0.05, 0.1) is 0 Å². The Morgan fingerprint density at radius 2 is 2.10 bits per heavy atom. The molecule has 0 atom stereocenters. The van der Waals surface area contributed by atoms with Gasteiger partial charge in [-0.2, -0.15) is 0 Å². The van der Waals surface area contributed by atoms with Gasteiger partial charge in [0.2, 0.25) is 5.43 Å². The van der Waals surface area contributed by atoms with Gasteiger partial charge in [-0.15, -0.1) is 4.91 Å². The van der Waals surface area contributed by atoms with Crippen LogP contribution in [0.2, 0.25) is 0 Å². The van der Waals surface area contributed by atoms with Crippen molar-refractivity contribution >= 4 is 28.7 Å². The average molecular weight is 393 g/mol. The zero-order chi connectivity index (χ0) is 20.7. The molecule has 7 nitrogen and oxygen atoms in total. The van der Waals surface area contributed by atoms with Gasteiger partial charge in [-0.05, 0) is 25.0 Å². The van der Waals surface area contributed by atoms with E-state index in [1.165, 1.54) is 10.8 Å². The van der Waals surface area contributed by atoms with E-state index >= 15 is 0 Å². The van der Waals surface area contributed by atoms with Gasteiger partial charge in [0.25, 0.3) is 0 Å². The normalized spacial score (nSPS) is 13.6. The number of hydrogen-bond donors (Lipinski definition) is 0. The van der Waals surface area contributed by atoms with Gasteiger partial charge in [-0.3, -0.25) is 14.6 Å². The molecule has 4 rings (SSSR count). The Balaban J connectivity index is 1.99. The fraction of sp³-hybridized carbons (Fsp3) is 0.190. The Bertz CT molecular complexity index is 1300. The first-order chi connectivity index (χ1) is 14.0. The minimum atomic E-state index is -1.29. The number of hydrogen-bond acceptors (Lipinski definition) is 5. The van der Waals surface area contributed by atoms with Crippen LogP contribution in [0.25, 0.3) is 28.0 Å². The van der Waals surface area contributed by atoms with E-state index < -0.39 is 22.7 Å². The number of aromatic nitrogens is 1. The number of furan rings is 1. The molecule has 1 aromatic carbocycles. The molecule has 1 aliphatic heterocycles. The van der Waals surface area contributed by atoms with Crippen molar-refractivity contribution in [3.8, 4) is 11.5 Å². The maximum atomic E-state index is 15.0. The number of amides is 1. The number of pyridine rings is 1. The highest BCUT2D eigenvalue weighted by Crippen LogP contribution is 2.40. The predicted octanol–water partition coefficient (Wildman–Crippen LogP) is 3.97. The van der Waals surface area contributed by atoms with Crippen molar-refractivity contribution < 1.29 is 13.6 Å². The summed E-state index contributed by atoms with van der Waals surface area (Å²) in [4.78, 5) is 38.3. The molecular weight excluding hydrogens is 377 g/mol. The Kier molecular flexibility index (Phi) is 4.54. The summed E-state index contributed by atoms with van der Waals surface area (Å²) < 4.78 is 22.4. The van der Waals surface area contributed by atoms with Crippen LogP contribution in [0.5, 0.6) is 0 Å². The van der Waals surface area contributed by atoms with Crippen molar-refractivity contribution in [1.29, 1.82) is 0 Å². The first kappa shape index (κ1) is 18.7. The van der Waals surface area contributed by atoms with E-state index in [0.29, 0.717) is 18.5 Å². The van der Waals surface area contributed by atoms with Crippen LogP contribution in [0.4, 0.5) is 4.39 Å². The van der Waals surface area contributed by atoms with Crippen LogP contribution in [0.1, 0.15) is 28.4 Å². The number of allylic oxidation sites excluding steroid dienone is 2. The number of halogens is 1. The zero-order valence-corrected chi connectivity index (χ0v) is 15.7. The van der Waals surface area contributed by atoms with E-state index in [0.717, 1.165) is 22.1 Å². The number of fused-ring (bicyclic) bond motifs is 5. The van der Waals surface area contributed by atoms with Crippen LogP contribution >= 0.6 is 0 Å². The lowest BCUT2D eigenvalue weighted by Crippen LogP contribution is -2.25. The largest absolute Gasteiger partial charge is 0.453 e. The van der Waals surface area contributed by atoms with Crippen LogP contribution < -0.4 is 5.43 Å². The first-order valence-corrected chi connectivity index (χ1v) is 8.92. The fourth-order valence-corrected chi connectivity index (χ4v) is 3.67. The van der Waals surface area contributed by atoms with Crippen molar-refractivity contribution in [3.05, 3.63) is 68.1 Å². The molecule has 146 valence electrons. The monoisotopic (exact) mass is 393 g/mol. The van der Waals surface area contributed by atoms with E-state index in [-0.39, 0.29) is 11.5 Å². The number of aliphatic imine (C=N–C) groups is 1. The summed E-state index contributed by atoms with van der Waals surface area (Å²) >= 11 is 0. The second kappa shape index (κ2) is 7.05. The third kappa shape index (κ3) is 2.84. The van der Waals surface area contributed by atoms with Crippen LogP contribution in [-0.2, 0) is 13.0 Å². The Labute approximate surface area is 164 Å². The molecule has 0 bridgehead atoms. The molecule has 29 heavy (non-hydrogen) atoms. The molecular formula is C21H16FN3O4. The number of benzene rings is 1. The van der Waals surface area contributed by atoms with Crippen molar-refractivity contribution in [2.75, 3.05) is 7.05 Å². The second-order valence-electron chi connectivity index (χ2n) is 6.72. The molecule has 0 aliphatic carbocycles. The van der Waals surface area contributed by atoms with Crippen molar-refractivity contribution in [3.63, 3.8) is 0 Å². The summed E-state index contributed by atoms with van der Waals surface area (Å²) in [7, 11) is 1.67.